The Morgan fingerprint density at radius 1 is 1.17 bits per heavy atom. The summed E-state index contributed by atoms with van der Waals surface area (Å²) in [6.07, 6.45) is 6.22. The van der Waals surface area contributed by atoms with E-state index in [4.69, 9.17) is 5.26 Å². The number of aromatic nitrogens is 5. The zero-order chi connectivity index (χ0) is 24.7. The van der Waals surface area contributed by atoms with E-state index >= 15 is 0 Å². The van der Waals surface area contributed by atoms with E-state index in [9.17, 15) is 4.79 Å². The molecule has 0 spiro atoms. The van der Waals surface area contributed by atoms with E-state index in [0.29, 0.717) is 6.04 Å². The van der Waals surface area contributed by atoms with E-state index in [0.717, 1.165) is 47.3 Å². The highest BCUT2D eigenvalue weighted by Gasteiger charge is 2.35. The molecule has 9 heteroatoms. The molecule has 9 nitrogen and oxygen atoms in total. The molecule has 0 N–H and O–H groups in total. The quantitative estimate of drug-likeness (QED) is 0.442. The van der Waals surface area contributed by atoms with Crippen molar-refractivity contribution in [2.24, 2.45) is 7.05 Å². The van der Waals surface area contributed by atoms with Crippen LogP contribution in [0.4, 0.5) is 5.69 Å². The van der Waals surface area contributed by atoms with E-state index in [1.54, 1.807) is 41.0 Å². The number of rotatable bonds is 5. The molecule has 4 aromatic rings. The largest absolute Gasteiger partial charge is 0.364 e. The van der Waals surface area contributed by atoms with Crippen LogP contribution < -0.4 is 10.5 Å². The standard InChI is InChI=1S/C26H30N8O/c1-5-20-15-33(23-13-25(35)31(4)24-16-32(11-8-27)30-26(23)24)17(2)14-34(20)18(3)19-6-7-21-22(12-19)29-10-9-28-21/h6-7,9-10,12-13,16-18,20H,5,11,14-15H2,1-4H3/t17-,18+,20+/m0/s1. The van der Waals surface area contributed by atoms with Crippen molar-refractivity contribution in [3.63, 3.8) is 0 Å². The molecule has 0 amide bonds. The molecule has 0 bridgehead atoms. The Morgan fingerprint density at radius 3 is 2.69 bits per heavy atom. The predicted molar refractivity (Wildman–Crippen MR) is 136 cm³/mol. The predicted octanol–water partition coefficient (Wildman–Crippen LogP) is 3.25. The molecule has 3 aromatic heterocycles. The molecule has 1 aromatic carbocycles. The minimum Gasteiger partial charge on any atom is -0.364 e. The van der Waals surface area contributed by atoms with Crippen LogP contribution in [0.2, 0.25) is 0 Å². The number of fused-ring (bicyclic) bond motifs is 2. The van der Waals surface area contributed by atoms with Crippen LogP contribution in [0, 0.1) is 11.3 Å². The van der Waals surface area contributed by atoms with Crippen LogP contribution in [0.25, 0.3) is 22.1 Å². The van der Waals surface area contributed by atoms with Gasteiger partial charge in [-0.1, -0.05) is 13.0 Å². The Morgan fingerprint density at radius 2 is 1.94 bits per heavy atom. The van der Waals surface area contributed by atoms with Crippen molar-refractivity contribution in [1.82, 2.24) is 29.2 Å². The Bertz CT molecular complexity index is 1480. The minimum absolute atomic E-state index is 0.0719. The summed E-state index contributed by atoms with van der Waals surface area (Å²) < 4.78 is 3.21. The summed E-state index contributed by atoms with van der Waals surface area (Å²) in [4.78, 5) is 26.6. The number of hydrogen-bond acceptors (Lipinski definition) is 7. The van der Waals surface area contributed by atoms with Crippen LogP contribution in [0.15, 0.2) is 47.7 Å². The van der Waals surface area contributed by atoms with Gasteiger partial charge >= 0.3 is 0 Å². The van der Waals surface area contributed by atoms with Crippen LogP contribution in [0.5, 0.6) is 0 Å². The minimum atomic E-state index is -0.0719. The van der Waals surface area contributed by atoms with Crippen molar-refractivity contribution in [3.8, 4) is 6.07 Å². The average Bonchev–Trinajstić information content (AvgIpc) is 3.30. The van der Waals surface area contributed by atoms with Gasteiger partial charge in [0.05, 0.1) is 34.5 Å². The first kappa shape index (κ1) is 23.0. The van der Waals surface area contributed by atoms with Gasteiger partial charge < -0.3 is 9.47 Å². The zero-order valence-electron chi connectivity index (χ0n) is 20.6. The van der Waals surface area contributed by atoms with Gasteiger partial charge in [-0.3, -0.25) is 24.3 Å². The second kappa shape index (κ2) is 9.12. The molecule has 0 unspecified atom stereocenters. The smallest absolute Gasteiger partial charge is 0.252 e. The maximum absolute atomic E-state index is 12.8. The monoisotopic (exact) mass is 470 g/mol. The first-order chi connectivity index (χ1) is 16.9. The van der Waals surface area contributed by atoms with Crippen molar-refractivity contribution >= 4 is 27.8 Å². The van der Waals surface area contributed by atoms with Crippen LogP contribution in [0.1, 0.15) is 38.8 Å². The maximum atomic E-state index is 12.8. The fraction of sp³-hybridized carbons (Fsp3) is 0.423. The number of piperazine rings is 1. The topological polar surface area (TPSA) is 95.9 Å². The van der Waals surface area contributed by atoms with Crippen molar-refractivity contribution in [3.05, 3.63) is 58.8 Å². The lowest BCUT2D eigenvalue weighted by Crippen LogP contribution is -2.58. The lowest BCUT2D eigenvalue weighted by Gasteiger charge is -2.48. The van der Waals surface area contributed by atoms with Crippen LogP contribution in [-0.2, 0) is 13.6 Å². The molecule has 35 heavy (non-hydrogen) atoms. The van der Waals surface area contributed by atoms with Crippen LogP contribution in [-0.4, -0.2) is 54.4 Å². The molecule has 0 aliphatic carbocycles. The third kappa shape index (κ3) is 4.04. The number of nitriles is 1. The summed E-state index contributed by atoms with van der Waals surface area (Å²) in [7, 11) is 1.75. The average molecular weight is 471 g/mol. The second-order valence-corrected chi connectivity index (χ2v) is 9.39. The molecular formula is C26H30N8O. The van der Waals surface area contributed by atoms with Gasteiger partial charge in [0.25, 0.3) is 5.56 Å². The number of aryl methyl sites for hydroxylation is 1. The third-order valence-corrected chi connectivity index (χ3v) is 7.31. The van der Waals surface area contributed by atoms with Crippen molar-refractivity contribution in [2.75, 3.05) is 18.0 Å². The Balaban J connectivity index is 1.48. The highest BCUT2D eigenvalue weighted by Crippen LogP contribution is 2.33. The number of pyridine rings is 1. The summed E-state index contributed by atoms with van der Waals surface area (Å²) in [6.45, 7) is 8.47. The van der Waals surface area contributed by atoms with Crippen molar-refractivity contribution in [2.45, 2.75) is 51.9 Å². The molecule has 1 aliphatic heterocycles. The van der Waals surface area contributed by atoms with E-state index in [1.165, 1.54) is 5.56 Å². The van der Waals surface area contributed by atoms with E-state index in [1.807, 2.05) is 6.07 Å². The van der Waals surface area contributed by atoms with Crippen LogP contribution >= 0.6 is 0 Å². The molecule has 3 atom stereocenters. The van der Waals surface area contributed by atoms with Crippen molar-refractivity contribution in [1.29, 1.82) is 5.26 Å². The summed E-state index contributed by atoms with van der Waals surface area (Å²) in [5.74, 6) is 0. The number of benzene rings is 1. The maximum Gasteiger partial charge on any atom is 0.252 e. The summed E-state index contributed by atoms with van der Waals surface area (Å²) in [5.41, 5.74) is 5.32. The van der Waals surface area contributed by atoms with E-state index < -0.39 is 0 Å². The number of anilines is 1. The van der Waals surface area contributed by atoms with Crippen molar-refractivity contribution < 1.29 is 0 Å². The first-order valence-corrected chi connectivity index (χ1v) is 12.1. The summed E-state index contributed by atoms with van der Waals surface area (Å²) in [5, 5.41) is 13.8. The normalized spacial score (nSPS) is 19.8. The molecule has 180 valence electrons. The summed E-state index contributed by atoms with van der Waals surface area (Å²) >= 11 is 0. The highest BCUT2D eigenvalue weighted by molar-refractivity contribution is 5.88. The van der Waals surface area contributed by atoms with Gasteiger partial charge in [0.2, 0.25) is 0 Å². The van der Waals surface area contributed by atoms with Gasteiger partial charge in [0.15, 0.2) is 0 Å². The molecule has 1 saturated heterocycles. The molecule has 4 heterocycles. The van der Waals surface area contributed by atoms with E-state index in [-0.39, 0.29) is 24.2 Å². The van der Waals surface area contributed by atoms with Gasteiger partial charge in [0, 0.05) is 56.7 Å². The van der Waals surface area contributed by atoms with Gasteiger partial charge in [0.1, 0.15) is 12.1 Å². The number of hydrogen-bond donors (Lipinski definition) is 0. The first-order valence-electron chi connectivity index (χ1n) is 12.1. The molecule has 5 rings (SSSR count). The molecule has 1 fully saturated rings. The second-order valence-electron chi connectivity index (χ2n) is 9.39. The fourth-order valence-electron chi connectivity index (χ4n) is 5.28. The fourth-order valence-corrected chi connectivity index (χ4v) is 5.28. The Labute approximate surface area is 204 Å². The molecule has 0 radical (unpaired) electrons. The molecule has 0 saturated carbocycles. The lowest BCUT2D eigenvalue weighted by atomic mass is 9.98. The van der Waals surface area contributed by atoms with Crippen LogP contribution in [0.3, 0.4) is 0 Å². The molecular weight excluding hydrogens is 440 g/mol. The Hall–Kier alpha value is -3.77. The van der Waals surface area contributed by atoms with Gasteiger partial charge in [-0.15, -0.1) is 0 Å². The number of nitrogens with zero attached hydrogens (tertiary/aromatic N) is 8. The summed E-state index contributed by atoms with van der Waals surface area (Å²) in [6, 6.07) is 10.9. The SMILES string of the molecule is CC[C@@H]1CN(c2cc(=O)n(C)c3cn(CC#N)nc23)[C@@H](C)CN1[C@H](C)c1ccc2nccnc2c1. The Kier molecular flexibility index (Phi) is 5.99. The molecule has 1 aliphatic rings. The highest BCUT2D eigenvalue weighted by atomic mass is 16.1. The lowest BCUT2D eigenvalue weighted by molar-refractivity contribution is 0.106. The zero-order valence-corrected chi connectivity index (χ0v) is 20.6. The third-order valence-electron chi connectivity index (χ3n) is 7.31. The van der Waals surface area contributed by atoms with Gasteiger partial charge in [-0.2, -0.15) is 10.4 Å². The van der Waals surface area contributed by atoms with Gasteiger partial charge in [-0.05, 0) is 38.0 Å². The van der Waals surface area contributed by atoms with E-state index in [2.05, 4.69) is 63.8 Å². The van der Waals surface area contributed by atoms with Gasteiger partial charge in [-0.25, -0.2) is 0 Å².